The number of hydrogen-bond donors (Lipinski definition) is 2. The van der Waals surface area contributed by atoms with E-state index >= 15 is 0 Å². The van der Waals surface area contributed by atoms with Crippen LogP contribution in [0.2, 0.25) is 0 Å². The van der Waals surface area contributed by atoms with Crippen LogP contribution >= 0.6 is 11.8 Å². The monoisotopic (exact) mass is 300 g/mol. The number of amides is 1. The van der Waals surface area contributed by atoms with Crippen molar-refractivity contribution in [3.63, 3.8) is 0 Å². The van der Waals surface area contributed by atoms with Crippen molar-refractivity contribution in [2.45, 2.75) is 37.0 Å². The van der Waals surface area contributed by atoms with Crippen LogP contribution in [0.4, 0.5) is 14.5 Å². The second-order valence-electron chi connectivity index (χ2n) is 5.05. The average molecular weight is 300 g/mol. The summed E-state index contributed by atoms with van der Waals surface area (Å²) in [5.41, 5.74) is 4.96. The third-order valence-corrected chi connectivity index (χ3v) is 4.72. The Morgan fingerprint density at radius 3 is 2.80 bits per heavy atom. The highest BCUT2D eigenvalue weighted by Gasteiger charge is 2.24. The Hall–Kier alpha value is -1.30. The van der Waals surface area contributed by atoms with Gasteiger partial charge in [0.25, 0.3) is 5.91 Å². The summed E-state index contributed by atoms with van der Waals surface area (Å²) in [5.74, 6) is -2.26. The van der Waals surface area contributed by atoms with E-state index in [-0.39, 0.29) is 17.3 Å². The Morgan fingerprint density at radius 2 is 2.10 bits per heavy atom. The summed E-state index contributed by atoms with van der Waals surface area (Å²) in [6.45, 7) is 0. The molecule has 0 aromatic heterocycles. The Kier molecular flexibility index (Phi) is 4.86. The molecule has 0 bridgehead atoms. The molecule has 1 saturated carbocycles. The van der Waals surface area contributed by atoms with Gasteiger partial charge in [-0.25, -0.2) is 8.78 Å². The van der Waals surface area contributed by atoms with E-state index in [1.54, 1.807) is 11.8 Å². The molecule has 2 rings (SSSR count). The zero-order valence-corrected chi connectivity index (χ0v) is 12.1. The lowest BCUT2D eigenvalue weighted by Gasteiger charge is -2.28. The van der Waals surface area contributed by atoms with E-state index in [1.165, 1.54) is 0 Å². The van der Waals surface area contributed by atoms with Crippen molar-refractivity contribution in [2.75, 3.05) is 12.0 Å². The molecule has 2 unspecified atom stereocenters. The summed E-state index contributed by atoms with van der Waals surface area (Å²) in [6, 6.07) is 1.74. The Morgan fingerprint density at radius 1 is 1.35 bits per heavy atom. The number of halogens is 2. The maximum absolute atomic E-state index is 13.6. The predicted molar refractivity (Wildman–Crippen MR) is 77.8 cm³/mol. The van der Waals surface area contributed by atoms with Crippen molar-refractivity contribution in [3.8, 4) is 0 Å². The first-order valence-electron chi connectivity index (χ1n) is 6.59. The molecule has 3 N–H and O–H groups in total. The number of thioether (sulfide) groups is 1. The fraction of sp³-hybridized carbons (Fsp3) is 0.500. The molecule has 1 aliphatic carbocycles. The smallest absolute Gasteiger partial charge is 0.254 e. The lowest BCUT2D eigenvalue weighted by Crippen LogP contribution is -2.39. The van der Waals surface area contributed by atoms with E-state index in [2.05, 4.69) is 11.6 Å². The molecule has 1 aromatic carbocycles. The van der Waals surface area contributed by atoms with Gasteiger partial charge in [-0.1, -0.05) is 6.42 Å². The molecular weight excluding hydrogens is 282 g/mol. The van der Waals surface area contributed by atoms with Crippen LogP contribution in [0.15, 0.2) is 12.1 Å². The van der Waals surface area contributed by atoms with Crippen molar-refractivity contribution in [2.24, 2.45) is 0 Å². The minimum absolute atomic E-state index is 0.0411. The zero-order chi connectivity index (χ0) is 14.7. The van der Waals surface area contributed by atoms with Crippen LogP contribution in [0.25, 0.3) is 0 Å². The van der Waals surface area contributed by atoms with Crippen LogP contribution in [-0.2, 0) is 0 Å². The highest BCUT2D eigenvalue weighted by Crippen LogP contribution is 2.27. The SMILES string of the molecule is CSC1CCCC(NC(=O)c2cc(N)c(F)cc2F)C1. The molecule has 0 spiro atoms. The summed E-state index contributed by atoms with van der Waals surface area (Å²) in [5, 5.41) is 3.34. The predicted octanol–water partition coefficient (Wildman–Crippen LogP) is 2.95. The maximum Gasteiger partial charge on any atom is 0.254 e. The number of nitrogens with one attached hydrogen (secondary N) is 1. The summed E-state index contributed by atoms with van der Waals surface area (Å²) < 4.78 is 26.7. The lowest BCUT2D eigenvalue weighted by molar-refractivity contribution is 0.0924. The molecular formula is C14H18F2N2OS. The summed E-state index contributed by atoms with van der Waals surface area (Å²) >= 11 is 1.78. The topological polar surface area (TPSA) is 55.1 Å². The lowest BCUT2D eigenvalue weighted by atomic mass is 9.94. The summed E-state index contributed by atoms with van der Waals surface area (Å²) in [4.78, 5) is 12.1. The number of benzene rings is 1. The van der Waals surface area contributed by atoms with Gasteiger partial charge in [-0.05, 0) is 31.6 Å². The number of nitrogens with two attached hydrogens (primary N) is 1. The first kappa shape index (κ1) is 15.1. The second kappa shape index (κ2) is 6.43. The Labute approximate surface area is 121 Å². The Balaban J connectivity index is 2.06. The summed E-state index contributed by atoms with van der Waals surface area (Å²) in [7, 11) is 0. The number of anilines is 1. The zero-order valence-electron chi connectivity index (χ0n) is 11.3. The van der Waals surface area contributed by atoms with Gasteiger partial charge in [0, 0.05) is 17.4 Å². The second-order valence-corrected chi connectivity index (χ2v) is 6.19. The van der Waals surface area contributed by atoms with E-state index in [0.717, 1.165) is 31.7 Å². The van der Waals surface area contributed by atoms with E-state index in [0.29, 0.717) is 11.3 Å². The van der Waals surface area contributed by atoms with Crippen LogP contribution in [0.1, 0.15) is 36.0 Å². The number of carbonyl (C=O) groups is 1. The fourth-order valence-corrected chi connectivity index (χ4v) is 3.32. The largest absolute Gasteiger partial charge is 0.396 e. The highest BCUT2D eigenvalue weighted by molar-refractivity contribution is 7.99. The molecule has 0 heterocycles. The molecule has 0 aliphatic heterocycles. The molecule has 6 heteroatoms. The molecule has 1 fully saturated rings. The van der Waals surface area contributed by atoms with Crippen LogP contribution < -0.4 is 11.1 Å². The maximum atomic E-state index is 13.6. The van der Waals surface area contributed by atoms with Gasteiger partial charge in [0.05, 0.1) is 11.3 Å². The van der Waals surface area contributed by atoms with Gasteiger partial charge in [-0.15, -0.1) is 0 Å². The van der Waals surface area contributed by atoms with Gasteiger partial charge in [0.15, 0.2) is 0 Å². The highest BCUT2D eigenvalue weighted by atomic mass is 32.2. The molecule has 0 radical (unpaired) electrons. The van der Waals surface area contributed by atoms with Gasteiger partial charge in [-0.2, -0.15) is 11.8 Å². The Bertz CT molecular complexity index is 510. The van der Waals surface area contributed by atoms with Crippen molar-refractivity contribution < 1.29 is 13.6 Å². The minimum Gasteiger partial charge on any atom is -0.396 e. The molecule has 110 valence electrons. The van der Waals surface area contributed by atoms with E-state index in [1.807, 2.05) is 0 Å². The van der Waals surface area contributed by atoms with E-state index in [4.69, 9.17) is 5.73 Å². The third-order valence-electron chi connectivity index (χ3n) is 3.63. The molecule has 1 amide bonds. The number of nitrogen functional groups attached to an aromatic ring is 1. The quantitative estimate of drug-likeness (QED) is 0.844. The van der Waals surface area contributed by atoms with Gasteiger partial charge in [0.2, 0.25) is 0 Å². The molecule has 1 aromatic rings. The van der Waals surface area contributed by atoms with E-state index in [9.17, 15) is 13.6 Å². The minimum atomic E-state index is -0.883. The van der Waals surface area contributed by atoms with E-state index < -0.39 is 17.5 Å². The third kappa shape index (κ3) is 3.42. The number of carbonyl (C=O) groups excluding carboxylic acids is 1. The number of hydrogen-bond acceptors (Lipinski definition) is 3. The van der Waals surface area contributed by atoms with Crippen LogP contribution in [0.5, 0.6) is 0 Å². The van der Waals surface area contributed by atoms with Crippen molar-refractivity contribution in [1.29, 1.82) is 0 Å². The standard InChI is InChI=1S/C14H18F2N2OS/c1-20-9-4-2-3-8(5-9)18-14(19)10-6-13(17)12(16)7-11(10)15/h6-9H,2-5,17H2,1H3,(H,18,19). The van der Waals surface area contributed by atoms with Crippen molar-refractivity contribution >= 4 is 23.4 Å². The van der Waals surface area contributed by atoms with Crippen LogP contribution in [0, 0.1) is 11.6 Å². The molecule has 1 aliphatic rings. The van der Waals surface area contributed by atoms with Gasteiger partial charge in [0.1, 0.15) is 11.6 Å². The molecule has 0 saturated heterocycles. The first-order chi connectivity index (χ1) is 9.51. The van der Waals surface area contributed by atoms with Crippen molar-refractivity contribution in [1.82, 2.24) is 5.32 Å². The van der Waals surface area contributed by atoms with Crippen LogP contribution in [-0.4, -0.2) is 23.5 Å². The van der Waals surface area contributed by atoms with Crippen LogP contribution in [0.3, 0.4) is 0 Å². The molecule has 2 atom stereocenters. The summed E-state index contributed by atoms with van der Waals surface area (Å²) in [6.07, 6.45) is 6.01. The molecule has 3 nitrogen and oxygen atoms in total. The van der Waals surface area contributed by atoms with Gasteiger partial charge >= 0.3 is 0 Å². The first-order valence-corrected chi connectivity index (χ1v) is 7.88. The average Bonchev–Trinajstić information content (AvgIpc) is 2.43. The fourth-order valence-electron chi connectivity index (χ4n) is 2.49. The molecule has 20 heavy (non-hydrogen) atoms. The number of rotatable bonds is 3. The van der Waals surface area contributed by atoms with Crippen molar-refractivity contribution in [3.05, 3.63) is 29.3 Å². The van der Waals surface area contributed by atoms with Gasteiger partial charge in [-0.3, -0.25) is 4.79 Å². The normalized spacial score (nSPS) is 22.6. The van der Waals surface area contributed by atoms with Gasteiger partial charge < -0.3 is 11.1 Å².